The van der Waals surface area contributed by atoms with Crippen molar-refractivity contribution >= 4 is 5.52 Å². The zero-order chi connectivity index (χ0) is 13.9. The van der Waals surface area contributed by atoms with Gasteiger partial charge in [0.15, 0.2) is 0 Å². The van der Waals surface area contributed by atoms with E-state index in [9.17, 15) is 5.26 Å². The molecule has 20 heavy (non-hydrogen) atoms. The van der Waals surface area contributed by atoms with Crippen molar-refractivity contribution in [1.29, 1.82) is 5.26 Å². The fourth-order valence-corrected chi connectivity index (χ4v) is 2.17. The first-order chi connectivity index (χ1) is 9.83. The van der Waals surface area contributed by atoms with Gasteiger partial charge in [-0.25, -0.2) is 4.52 Å². The lowest BCUT2D eigenvalue weighted by molar-refractivity contribution is 0.338. The standard InChI is InChI=1S/C15H12N4O/c1-2-20-13-6-14(11-4-3-5-17-8-11)15-12(7-16)9-18-19(15)10-13/h3-6,8-10H,2H2,1H3. The Morgan fingerprint density at radius 1 is 1.40 bits per heavy atom. The van der Waals surface area contributed by atoms with Crippen molar-refractivity contribution in [3.8, 4) is 22.9 Å². The molecule has 0 unspecified atom stereocenters. The molecular weight excluding hydrogens is 252 g/mol. The quantitative estimate of drug-likeness (QED) is 0.729. The maximum Gasteiger partial charge on any atom is 0.138 e. The molecule has 0 saturated heterocycles. The Morgan fingerprint density at radius 2 is 2.30 bits per heavy atom. The van der Waals surface area contributed by atoms with E-state index in [2.05, 4.69) is 16.2 Å². The second-order valence-corrected chi connectivity index (χ2v) is 4.23. The molecule has 3 heterocycles. The van der Waals surface area contributed by atoms with Crippen molar-refractivity contribution in [2.24, 2.45) is 0 Å². The molecule has 0 spiro atoms. The molecule has 0 aliphatic rings. The topological polar surface area (TPSA) is 63.2 Å². The fraction of sp³-hybridized carbons (Fsp3) is 0.133. The highest BCUT2D eigenvalue weighted by Gasteiger charge is 2.13. The van der Waals surface area contributed by atoms with Crippen molar-refractivity contribution in [3.05, 3.63) is 48.5 Å². The van der Waals surface area contributed by atoms with Gasteiger partial charge in [-0.15, -0.1) is 0 Å². The molecule has 5 nitrogen and oxygen atoms in total. The van der Waals surface area contributed by atoms with Crippen LogP contribution in [0.15, 0.2) is 43.0 Å². The molecule has 0 radical (unpaired) electrons. The van der Waals surface area contributed by atoms with Crippen LogP contribution in [0.3, 0.4) is 0 Å². The van der Waals surface area contributed by atoms with Crippen LogP contribution in [0.25, 0.3) is 16.6 Å². The molecule has 5 heteroatoms. The van der Waals surface area contributed by atoms with Gasteiger partial charge < -0.3 is 4.74 Å². The molecule has 0 amide bonds. The Hall–Kier alpha value is -2.87. The molecule has 3 rings (SSSR count). The molecule has 98 valence electrons. The summed E-state index contributed by atoms with van der Waals surface area (Å²) in [5, 5.41) is 13.4. The summed E-state index contributed by atoms with van der Waals surface area (Å²) in [4.78, 5) is 4.13. The molecule has 0 fully saturated rings. The van der Waals surface area contributed by atoms with E-state index in [0.717, 1.165) is 16.6 Å². The summed E-state index contributed by atoms with van der Waals surface area (Å²) >= 11 is 0. The summed E-state index contributed by atoms with van der Waals surface area (Å²) in [5.74, 6) is 0.714. The van der Waals surface area contributed by atoms with Crippen LogP contribution in [0, 0.1) is 11.3 Å². The molecule has 3 aromatic rings. The number of nitrogens with zero attached hydrogens (tertiary/aromatic N) is 4. The Morgan fingerprint density at radius 3 is 3.00 bits per heavy atom. The van der Waals surface area contributed by atoms with E-state index in [1.807, 2.05) is 25.1 Å². The third-order valence-corrected chi connectivity index (χ3v) is 2.99. The van der Waals surface area contributed by atoms with Gasteiger partial charge in [-0.3, -0.25) is 4.98 Å². The highest BCUT2D eigenvalue weighted by atomic mass is 16.5. The number of ether oxygens (including phenoxy) is 1. The molecule has 0 aromatic carbocycles. The van der Waals surface area contributed by atoms with Gasteiger partial charge in [0.1, 0.15) is 11.8 Å². The highest BCUT2D eigenvalue weighted by molar-refractivity contribution is 5.84. The molecule has 3 aromatic heterocycles. The Bertz CT molecular complexity index is 787. The van der Waals surface area contributed by atoms with E-state index in [1.165, 1.54) is 0 Å². The Balaban J connectivity index is 2.32. The molecule has 0 aliphatic heterocycles. The molecule has 0 aliphatic carbocycles. The second-order valence-electron chi connectivity index (χ2n) is 4.23. The zero-order valence-corrected chi connectivity index (χ0v) is 10.9. The number of hydrogen-bond donors (Lipinski definition) is 0. The maximum atomic E-state index is 9.22. The first-order valence-electron chi connectivity index (χ1n) is 6.28. The number of fused-ring (bicyclic) bond motifs is 1. The van der Waals surface area contributed by atoms with Crippen LogP contribution in [-0.2, 0) is 0 Å². The first kappa shape index (κ1) is 12.2. The Labute approximate surface area is 116 Å². The number of hydrogen-bond acceptors (Lipinski definition) is 4. The normalized spacial score (nSPS) is 10.4. The van der Waals surface area contributed by atoms with Crippen molar-refractivity contribution in [2.75, 3.05) is 6.61 Å². The number of pyridine rings is 2. The van der Waals surface area contributed by atoms with Crippen LogP contribution in [0.1, 0.15) is 12.5 Å². The molecule has 0 atom stereocenters. The van der Waals surface area contributed by atoms with Crippen LogP contribution >= 0.6 is 0 Å². The highest BCUT2D eigenvalue weighted by Crippen LogP contribution is 2.30. The van der Waals surface area contributed by atoms with Gasteiger partial charge in [-0.05, 0) is 19.1 Å². The minimum atomic E-state index is 0.534. The van der Waals surface area contributed by atoms with Crippen LogP contribution in [0.4, 0.5) is 0 Å². The van der Waals surface area contributed by atoms with Crippen molar-refractivity contribution in [2.45, 2.75) is 6.92 Å². The lowest BCUT2D eigenvalue weighted by Crippen LogP contribution is -1.97. The van der Waals surface area contributed by atoms with Gasteiger partial charge >= 0.3 is 0 Å². The van der Waals surface area contributed by atoms with Gasteiger partial charge in [0.05, 0.1) is 30.1 Å². The summed E-state index contributed by atoms with van der Waals surface area (Å²) in [5.41, 5.74) is 3.12. The van der Waals surface area contributed by atoms with E-state index >= 15 is 0 Å². The smallest absolute Gasteiger partial charge is 0.138 e. The van der Waals surface area contributed by atoms with Crippen molar-refractivity contribution in [1.82, 2.24) is 14.6 Å². The van der Waals surface area contributed by atoms with Gasteiger partial charge in [0.25, 0.3) is 0 Å². The largest absolute Gasteiger partial charge is 0.492 e. The lowest BCUT2D eigenvalue weighted by atomic mass is 10.1. The molecule has 0 saturated carbocycles. The van der Waals surface area contributed by atoms with Crippen molar-refractivity contribution in [3.63, 3.8) is 0 Å². The zero-order valence-electron chi connectivity index (χ0n) is 10.9. The average Bonchev–Trinajstić information content (AvgIpc) is 2.91. The van der Waals surface area contributed by atoms with Gasteiger partial charge in [0.2, 0.25) is 0 Å². The van der Waals surface area contributed by atoms with Gasteiger partial charge in [-0.1, -0.05) is 6.07 Å². The lowest BCUT2D eigenvalue weighted by Gasteiger charge is -2.09. The van der Waals surface area contributed by atoms with E-state index in [4.69, 9.17) is 4.74 Å². The summed E-state index contributed by atoms with van der Waals surface area (Å²) in [6.45, 7) is 2.50. The van der Waals surface area contributed by atoms with Crippen molar-refractivity contribution < 1.29 is 4.74 Å². The molecule has 0 bridgehead atoms. The summed E-state index contributed by atoms with van der Waals surface area (Å²) < 4.78 is 7.23. The molecular formula is C15H12N4O. The number of aromatic nitrogens is 3. The predicted molar refractivity (Wildman–Crippen MR) is 74.3 cm³/mol. The van der Waals surface area contributed by atoms with E-state index < -0.39 is 0 Å². The maximum absolute atomic E-state index is 9.22. The SMILES string of the molecule is CCOc1cc(-c2cccnc2)c2c(C#N)cnn2c1. The van der Waals surface area contributed by atoms with Crippen LogP contribution in [-0.4, -0.2) is 21.2 Å². The minimum Gasteiger partial charge on any atom is -0.492 e. The van der Waals surface area contributed by atoms with Gasteiger partial charge in [0, 0.05) is 23.5 Å². The summed E-state index contributed by atoms with van der Waals surface area (Å²) in [6.07, 6.45) is 6.82. The van der Waals surface area contributed by atoms with Crippen LogP contribution in [0.2, 0.25) is 0 Å². The fourth-order valence-electron chi connectivity index (χ4n) is 2.17. The second kappa shape index (κ2) is 5.02. The first-order valence-corrected chi connectivity index (χ1v) is 6.28. The Kier molecular flexibility index (Phi) is 3.05. The molecule has 0 N–H and O–H groups in total. The minimum absolute atomic E-state index is 0.534. The van der Waals surface area contributed by atoms with Crippen LogP contribution < -0.4 is 4.74 Å². The summed E-state index contributed by atoms with van der Waals surface area (Å²) in [6, 6.07) is 7.90. The number of nitriles is 1. The van der Waals surface area contributed by atoms with E-state index in [-0.39, 0.29) is 0 Å². The third-order valence-electron chi connectivity index (χ3n) is 2.99. The van der Waals surface area contributed by atoms with E-state index in [0.29, 0.717) is 17.9 Å². The van der Waals surface area contributed by atoms with Crippen LogP contribution in [0.5, 0.6) is 5.75 Å². The monoisotopic (exact) mass is 264 g/mol. The van der Waals surface area contributed by atoms with Gasteiger partial charge in [-0.2, -0.15) is 10.4 Å². The summed E-state index contributed by atoms with van der Waals surface area (Å²) in [7, 11) is 0. The predicted octanol–water partition coefficient (Wildman–Crippen LogP) is 2.67. The third kappa shape index (κ3) is 1.97. The van der Waals surface area contributed by atoms with E-state index in [1.54, 1.807) is 29.3 Å². The average molecular weight is 264 g/mol. The number of rotatable bonds is 3.